The quantitative estimate of drug-likeness (QED) is 0.877. The normalized spacial score (nSPS) is 13.1. The van der Waals surface area contributed by atoms with Crippen molar-refractivity contribution in [1.29, 1.82) is 0 Å². The summed E-state index contributed by atoms with van der Waals surface area (Å²) in [7, 11) is 3.69. The van der Waals surface area contributed by atoms with Gasteiger partial charge in [0, 0.05) is 44.6 Å². The summed E-state index contributed by atoms with van der Waals surface area (Å²) in [6, 6.07) is 9.88. The number of carbonyl (C=O) groups is 1. The lowest BCUT2D eigenvalue weighted by Crippen LogP contribution is -2.34. The molecule has 2 N–H and O–H groups in total. The molecule has 6 heteroatoms. The molecule has 0 bridgehead atoms. The Bertz CT molecular complexity index is 748. The Morgan fingerprint density at radius 2 is 1.96 bits per heavy atom. The zero-order valence-corrected chi connectivity index (χ0v) is 14.7. The molecule has 2 aromatic rings. The lowest BCUT2D eigenvalue weighted by Gasteiger charge is -2.27. The van der Waals surface area contributed by atoms with E-state index in [1.54, 1.807) is 19.4 Å². The first-order valence-electron chi connectivity index (χ1n) is 8.49. The minimum absolute atomic E-state index is 0.189. The van der Waals surface area contributed by atoms with Gasteiger partial charge in [-0.25, -0.2) is 9.78 Å². The number of amides is 2. The Morgan fingerprint density at radius 3 is 2.72 bits per heavy atom. The largest absolute Gasteiger partial charge is 0.481 e. The Labute approximate surface area is 148 Å². The number of anilines is 1. The monoisotopic (exact) mass is 340 g/mol. The van der Waals surface area contributed by atoms with E-state index in [0.717, 1.165) is 24.1 Å². The summed E-state index contributed by atoms with van der Waals surface area (Å²) < 4.78 is 5.08. The summed E-state index contributed by atoms with van der Waals surface area (Å²) in [4.78, 5) is 18.3. The standard InChI is InChI=1S/C19H24N4O2/c1-23-9-3-4-16-10-14(5-6-17(16)23)12-21-19(24)22-13-15-7-8-20-18(11-15)25-2/h5-8,10-11H,3-4,9,12-13H2,1-2H3,(H2,21,22,24). The molecule has 2 heterocycles. The number of ether oxygens (including phenoxy) is 1. The average Bonchev–Trinajstić information content (AvgIpc) is 2.65. The summed E-state index contributed by atoms with van der Waals surface area (Å²) in [6.45, 7) is 2.05. The van der Waals surface area contributed by atoms with E-state index in [4.69, 9.17) is 4.74 Å². The van der Waals surface area contributed by atoms with E-state index in [9.17, 15) is 4.79 Å². The average molecular weight is 340 g/mol. The Hall–Kier alpha value is -2.76. The van der Waals surface area contributed by atoms with Gasteiger partial charge in [-0.2, -0.15) is 0 Å². The molecule has 2 amide bonds. The van der Waals surface area contributed by atoms with Gasteiger partial charge >= 0.3 is 6.03 Å². The van der Waals surface area contributed by atoms with E-state index >= 15 is 0 Å². The molecule has 25 heavy (non-hydrogen) atoms. The molecule has 0 saturated heterocycles. The molecule has 3 rings (SSSR count). The Morgan fingerprint density at radius 1 is 1.20 bits per heavy atom. The third kappa shape index (κ3) is 4.41. The molecule has 1 aromatic heterocycles. The van der Waals surface area contributed by atoms with Gasteiger partial charge in [-0.15, -0.1) is 0 Å². The topological polar surface area (TPSA) is 66.5 Å². The maximum absolute atomic E-state index is 12.0. The fraction of sp³-hybridized carbons (Fsp3) is 0.368. The second-order valence-corrected chi connectivity index (χ2v) is 6.23. The van der Waals surface area contributed by atoms with Gasteiger partial charge < -0.3 is 20.3 Å². The highest BCUT2D eigenvalue weighted by molar-refractivity contribution is 5.73. The predicted molar refractivity (Wildman–Crippen MR) is 97.9 cm³/mol. The second kappa shape index (κ2) is 7.88. The zero-order chi connectivity index (χ0) is 17.6. The number of fused-ring (bicyclic) bond motifs is 1. The number of rotatable bonds is 5. The Kier molecular flexibility index (Phi) is 5.38. The molecule has 1 aliphatic heterocycles. The van der Waals surface area contributed by atoms with Gasteiger partial charge in [0.15, 0.2) is 0 Å². The molecule has 0 spiro atoms. The summed E-state index contributed by atoms with van der Waals surface area (Å²) in [5.41, 5.74) is 4.72. The highest BCUT2D eigenvalue weighted by Gasteiger charge is 2.13. The number of benzene rings is 1. The minimum atomic E-state index is -0.189. The summed E-state index contributed by atoms with van der Waals surface area (Å²) in [6.07, 6.45) is 3.94. The van der Waals surface area contributed by atoms with Crippen LogP contribution in [0.15, 0.2) is 36.5 Å². The van der Waals surface area contributed by atoms with Crippen molar-refractivity contribution >= 4 is 11.7 Å². The lowest BCUT2D eigenvalue weighted by atomic mass is 9.99. The maximum atomic E-state index is 12.0. The van der Waals surface area contributed by atoms with Crippen molar-refractivity contribution in [2.24, 2.45) is 0 Å². The van der Waals surface area contributed by atoms with Crippen LogP contribution in [0.4, 0.5) is 10.5 Å². The van der Waals surface area contributed by atoms with Gasteiger partial charge in [0.1, 0.15) is 0 Å². The van der Waals surface area contributed by atoms with Crippen molar-refractivity contribution in [2.45, 2.75) is 25.9 Å². The van der Waals surface area contributed by atoms with E-state index in [1.165, 1.54) is 17.7 Å². The van der Waals surface area contributed by atoms with Crippen LogP contribution in [0.1, 0.15) is 23.1 Å². The molecule has 0 unspecified atom stereocenters. The number of carbonyl (C=O) groups excluding carboxylic acids is 1. The number of nitrogens with one attached hydrogen (secondary N) is 2. The maximum Gasteiger partial charge on any atom is 0.315 e. The van der Waals surface area contributed by atoms with Crippen LogP contribution in [0, 0.1) is 0 Å². The Balaban J connectivity index is 1.50. The first-order valence-corrected chi connectivity index (χ1v) is 8.49. The summed E-state index contributed by atoms with van der Waals surface area (Å²) in [5, 5.41) is 5.75. The summed E-state index contributed by atoms with van der Waals surface area (Å²) >= 11 is 0. The molecule has 0 aliphatic carbocycles. The molecule has 0 atom stereocenters. The molecule has 6 nitrogen and oxygen atoms in total. The van der Waals surface area contributed by atoms with Crippen LogP contribution in [0.25, 0.3) is 0 Å². The third-order valence-corrected chi connectivity index (χ3v) is 4.41. The molecule has 1 aromatic carbocycles. The summed E-state index contributed by atoms with van der Waals surface area (Å²) in [5.74, 6) is 0.540. The van der Waals surface area contributed by atoms with Gasteiger partial charge in [0.25, 0.3) is 0 Å². The molecule has 0 radical (unpaired) electrons. The van der Waals surface area contributed by atoms with E-state index in [0.29, 0.717) is 19.0 Å². The number of aromatic nitrogens is 1. The third-order valence-electron chi connectivity index (χ3n) is 4.41. The van der Waals surface area contributed by atoms with Crippen molar-refractivity contribution in [2.75, 3.05) is 25.6 Å². The minimum Gasteiger partial charge on any atom is -0.481 e. The molecular formula is C19H24N4O2. The molecule has 1 aliphatic rings. The van der Waals surface area contributed by atoms with Gasteiger partial charge in [-0.1, -0.05) is 12.1 Å². The van der Waals surface area contributed by atoms with Crippen LogP contribution in [0.5, 0.6) is 5.88 Å². The first kappa shape index (κ1) is 17.1. The van der Waals surface area contributed by atoms with Crippen LogP contribution in [-0.2, 0) is 19.5 Å². The van der Waals surface area contributed by atoms with Crippen molar-refractivity contribution < 1.29 is 9.53 Å². The fourth-order valence-electron chi connectivity index (χ4n) is 3.05. The molecule has 132 valence electrons. The SMILES string of the molecule is COc1cc(CNC(=O)NCc2ccc3c(c2)CCCN3C)ccn1. The van der Waals surface area contributed by atoms with Crippen LogP contribution < -0.4 is 20.3 Å². The van der Waals surface area contributed by atoms with Crippen molar-refractivity contribution in [1.82, 2.24) is 15.6 Å². The van der Waals surface area contributed by atoms with Gasteiger partial charge in [-0.3, -0.25) is 0 Å². The fourth-order valence-corrected chi connectivity index (χ4v) is 3.05. The molecule has 0 saturated carbocycles. The van der Waals surface area contributed by atoms with Crippen LogP contribution >= 0.6 is 0 Å². The molecule has 0 fully saturated rings. The van der Waals surface area contributed by atoms with Crippen LogP contribution in [-0.4, -0.2) is 31.7 Å². The van der Waals surface area contributed by atoms with Crippen molar-refractivity contribution in [3.05, 3.63) is 53.2 Å². The first-order chi connectivity index (χ1) is 12.2. The van der Waals surface area contributed by atoms with Gasteiger partial charge in [0.05, 0.1) is 7.11 Å². The number of hydrogen-bond donors (Lipinski definition) is 2. The van der Waals surface area contributed by atoms with Crippen molar-refractivity contribution in [3.63, 3.8) is 0 Å². The smallest absolute Gasteiger partial charge is 0.315 e. The van der Waals surface area contributed by atoms with Crippen LogP contribution in [0.2, 0.25) is 0 Å². The predicted octanol–water partition coefficient (Wildman–Crippen LogP) is 2.47. The van der Waals surface area contributed by atoms with Gasteiger partial charge in [0.2, 0.25) is 5.88 Å². The number of hydrogen-bond acceptors (Lipinski definition) is 4. The van der Waals surface area contributed by atoms with Crippen molar-refractivity contribution in [3.8, 4) is 5.88 Å². The second-order valence-electron chi connectivity index (χ2n) is 6.23. The number of nitrogens with zero attached hydrogens (tertiary/aromatic N) is 2. The van der Waals surface area contributed by atoms with Gasteiger partial charge in [-0.05, 0) is 41.7 Å². The van der Waals surface area contributed by atoms with E-state index in [-0.39, 0.29) is 6.03 Å². The number of aryl methyl sites for hydroxylation is 1. The highest BCUT2D eigenvalue weighted by atomic mass is 16.5. The zero-order valence-electron chi connectivity index (χ0n) is 14.7. The number of urea groups is 1. The van der Waals surface area contributed by atoms with E-state index < -0.39 is 0 Å². The molecular weight excluding hydrogens is 316 g/mol. The number of methoxy groups -OCH3 is 1. The van der Waals surface area contributed by atoms with E-state index in [1.807, 2.05) is 6.07 Å². The van der Waals surface area contributed by atoms with E-state index in [2.05, 4.69) is 45.8 Å². The highest BCUT2D eigenvalue weighted by Crippen LogP contribution is 2.26. The van der Waals surface area contributed by atoms with Crippen LogP contribution in [0.3, 0.4) is 0 Å². The number of pyridine rings is 1. The lowest BCUT2D eigenvalue weighted by molar-refractivity contribution is 0.240.